The second kappa shape index (κ2) is 10.5. The van der Waals surface area contributed by atoms with Crippen LogP contribution in [0, 0.1) is 0 Å². The van der Waals surface area contributed by atoms with Crippen LogP contribution in [0.5, 0.6) is 5.75 Å². The van der Waals surface area contributed by atoms with Gasteiger partial charge in [0.25, 0.3) is 0 Å². The second-order valence-corrected chi connectivity index (χ2v) is 9.54. The molecule has 1 aliphatic heterocycles. The Labute approximate surface area is 185 Å². The lowest BCUT2D eigenvalue weighted by atomic mass is 10.2. The summed E-state index contributed by atoms with van der Waals surface area (Å²) in [5.74, 6) is 0.374. The van der Waals surface area contributed by atoms with E-state index in [1.165, 1.54) is 22.8 Å². The average Bonchev–Trinajstić information content (AvgIpc) is 3.27. The molecule has 7 nitrogen and oxygen atoms in total. The van der Waals surface area contributed by atoms with Crippen molar-refractivity contribution in [1.29, 1.82) is 0 Å². The van der Waals surface area contributed by atoms with E-state index in [2.05, 4.69) is 10.2 Å². The molecule has 168 valence electrons. The molecule has 1 heterocycles. The molecule has 0 unspecified atom stereocenters. The van der Waals surface area contributed by atoms with Gasteiger partial charge in [0.05, 0.1) is 18.6 Å². The van der Waals surface area contributed by atoms with E-state index in [-0.39, 0.29) is 18.9 Å². The first-order valence-electron chi connectivity index (χ1n) is 10.7. The smallest absolute Gasteiger partial charge is 0.232 e. The Balaban J connectivity index is 1.56. The minimum absolute atomic E-state index is 0.138. The third-order valence-corrected chi connectivity index (χ3v) is 6.40. The molecule has 0 saturated carbocycles. The molecule has 2 aromatic rings. The normalized spacial score (nSPS) is 13.8. The van der Waals surface area contributed by atoms with Crippen molar-refractivity contribution in [2.45, 2.75) is 32.6 Å². The Bertz CT molecular complexity index is 971. The molecule has 1 fully saturated rings. The number of carbonyl (C=O) groups is 1. The summed E-state index contributed by atoms with van der Waals surface area (Å²) in [4.78, 5) is 14.7. The molecule has 31 heavy (non-hydrogen) atoms. The number of hydrogen-bond donors (Lipinski definition) is 1. The number of amides is 1. The van der Waals surface area contributed by atoms with Crippen molar-refractivity contribution in [3.05, 3.63) is 48.5 Å². The third kappa shape index (κ3) is 6.37. The van der Waals surface area contributed by atoms with Crippen LogP contribution in [0.2, 0.25) is 0 Å². The van der Waals surface area contributed by atoms with E-state index in [9.17, 15) is 13.2 Å². The van der Waals surface area contributed by atoms with E-state index >= 15 is 0 Å². The molecule has 0 radical (unpaired) electrons. The fourth-order valence-corrected chi connectivity index (χ4v) is 4.71. The molecule has 0 spiro atoms. The van der Waals surface area contributed by atoms with E-state index in [1.807, 2.05) is 31.2 Å². The van der Waals surface area contributed by atoms with Crippen molar-refractivity contribution in [3.63, 3.8) is 0 Å². The van der Waals surface area contributed by atoms with Crippen LogP contribution in [0.1, 0.15) is 32.6 Å². The zero-order valence-corrected chi connectivity index (χ0v) is 19.0. The zero-order chi connectivity index (χ0) is 22.3. The van der Waals surface area contributed by atoms with Gasteiger partial charge in [-0.25, -0.2) is 8.42 Å². The number of para-hydroxylation sites is 2. The van der Waals surface area contributed by atoms with Crippen LogP contribution in [0.3, 0.4) is 0 Å². The largest absolute Gasteiger partial charge is 0.492 e. The Morgan fingerprint density at radius 1 is 1.10 bits per heavy atom. The summed E-state index contributed by atoms with van der Waals surface area (Å²) in [5, 5.41) is 2.89. The lowest BCUT2D eigenvalue weighted by Crippen LogP contribution is -2.31. The number of rotatable bonds is 10. The van der Waals surface area contributed by atoms with Crippen LogP contribution < -0.4 is 19.3 Å². The van der Waals surface area contributed by atoms with Gasteiger partial charge in [-0.1, -0.05) is 12.1 Å². The summed E-state index contributed by atoms with van der Waals surface area (Å²) in [6, 6.07) is 14.9. The predicted octanol–water partition coefficient (Wildman–Crippen LogP) is 3.87. The highest BCUT2D eigenvalue weighted by atomic mass is 32.2. The number of nitrogens with one attached hydrogen (secondary N) is 1. The van der Waals surface area contributed by atoms with Crippen LogP contribution in [0.4, 0.5) is 17.1 Å². The van der Waals surface area contributed by atoms with Gasteiger partial charge in [-0.15, -0.1) is 0 Å². The SMILES string of the molecule is CCOc1ccccc1N(CCCC(=O)Nc1ccc(N2CCCC2)cc1)S(C)(=O)=O. The molecule has 0 aliphatic carbocycles. The maximum atomic E-state index is 12.4. The van der Waals surface area contributed by atoms with Crippen molar-refractivity contribution in [1.82, 2.24) is 0 Å². The minimum Gasteiger partial charge on any atom is -0.492 e. The van der Waals surface area contributed by atoms with Crippen molar-refractivity contribution in [3.8, 4) is 5.75 Å². The number of anilines is 3. The molecule has 0 atom stereocenters. The lowest BCUT2D eigenvalue weighted by molar-refractivity contribution is -0.116. The third-order valence-electron chi connectivity index (χ3n) is 5.22. The summed E-state index contributed by atoms with van der Waals surface area (Å²) in [6.07, 6.45) is 4.22. The first kappa shape index (κ1) is 22.9. The first-order chi connectivity index (χ1) is 14.9. The Morgan fingerprint density at radius 3 is 2.42 bits per heavy atom. The molecule has 1 saturated heterocycles. The number of ether oxygens (including phenoxy) is 1. The van der Waals surface area contributed by atoms with E-state index < -0.39 is 10.0 Å². The first-order valence-corrected chi connectivity index (χ1v) is 12.6. The lowest BCUT2D eigenvalue weighted by Gasteiger charge is -2.24. The van der Waals surface area contributed by atoms with Crippen molar-refractivity contribution >= 4 is 33.0 Å². The summed E-state index contributed by atoms with van der Waals surface area (Å²) < 4.78 is 31.6. The van der Waals surface area contributed by atoms with Crippen LogP contribution in [-0.2, 0) is 14.8 Å². The minimum atomic E-state index is -3.51. The monoisotopic (exact) mass is 445 g/mol. The fourth-order valence-electron chi connectivity index (χ4n) is 3.74. The maximum absolute atomic E-state index is 12.4. The summed E-state index contributed by atoms with van der Waals surface area (Å²) >= 11 is 0. The number of nitrogens with zero attached hydrogens (tertiary/aromatic N) is 2. The Kier molecular flexibility index (Phi) is 7.79. The fraction of sp³-hybridized carbons (Fsp3) is 0.435. The van der Waals surface area contributed by atoms with E-state index in [0.717, 1.165) is 25.0 Å². The highest BCUT2D eigenvalue weighted by Gasteiger charge is 2.21. The van der Waals surface area contributed by atoms with Gasteiger partial charge < -0.3 is 15.0 Å². The number of sulfonamides is 1. The number of hydrogen-bond acceptors (Lipinski definition) is 5. The van der Waals surface area contributed by atoms with Gasteiger partial charge >= 0.3 is 0 Å². The molecule has 1 amide bonds. The van der Waals surface area contributed by atoms with E-state index in [1.54, 1.807) is 24.3 Å². The van der Waals surface area contributed by atoms with Crippen molar-refractivity contribution in [2.75, 3.05) is 47.0 Å². The average molecular weight is 446 g/mol. The molecule has 1 N–H and O–H groups in total. The highest BCUT2D eigenvalue weighted by molar-refractivity contribution is 7.92. The van der Waals surface area contributed by atoms with Crippen molar-refractivity contribution < 1.29 is 17.9 Å². The Hall–Kier alpha value is -2.74. The van der Waals surface area contributed by atoms with E-state index in [0.29, 0.717) is 24.5 Å². The van der Waals surface area contributed by atoms with Gasteiger partial charge in [-0.3, -0.25) is 9.10 Å². The molecule has 8 heteroatoms. The summed E-state index contributed by atoms with van der Waals surface area (Å²) in [6.45, 7) is 4.64. The van der Waals surface area contributed by atoms with Gasteiger partial charge in [0.1, 0.15) is 5.75 Å². The van der Waals surface area contributed by atoms with Gasteiger partial charge in [0.2, 0.25) is 15.9 Å². The molecule has 2 aromatic carbocycles. The second-order valence-electron chi connectivity index (χ2n) is 7.63. The van der Waals surface area contributed by atoms with E-state index in [4.69, 9.17) is 4.74 Å². The number of carbonyl (C=O) groups excluding carboxylic acids is 1. The molecule has 0 bridgehead atoms. The molecule has 1 aliphatic rings. The molecular weight excluding hydrogens is 414 g/mol. The highest BCUT2D eigenvalue weighted by Crippen LogP contribution is 2.30. The number of benzene rings is 2. The van der Waals surface area contributed by atoms with Gasteiger partial charge in [-0.2, -0.15) is 0 Å². The zero-order valence-electron chi connectivity index (χ0n) is 18.2. The van der Waals surface area contributed by atoms with Crippen LogP contribution in [0.15, 0.2) is 48.5 Å². The summed E-state index contributed by atoms with van der Waals surface area (Å²) in [5.41, 5.74) is 2.41. The summed E-state index contributed by atoms with van der Waals surface area (Å²) in [7, 11) is -3.51. The van der Waals surface area contributed by atoms with Crippen LogP contribution >= 0.6 is 0 Å². The molecular formula is C23H31N3O4S. The van der Waals surface area contributed by atoms with Gasteiger partial charge in [0.15, 0.2) is 0 Å². The van der Waals surface area contributed by atoms with Gasteiger partial charge in [-0.05, 0) is 62.6 Å². The van der Waals surface area contributed by atoms with Crippen LogP contribution in [-0.4, -0.2) is 46.8 Å². The van der Waals surface area contributed by atoms with Crippen molar-refractivity contribution in [2.24, 2.45) is 0 Å². The standard InChI is InChI=1S/C23H31N3O4S/c1-3-30-22-10-5-4-9-21(22)26(31(2,28)29)18-8-11-23(27)24-19-12-14-20(15-13-19)25-16-6-7-17-25/h4-5,9-10,12-15H,3,6-8,11,16-18H2,1-2H3,(H,24,27). The Morgan fingerprint density at radius 2 is 1.77 bits per heavy atom. The predicted molar refractivity (Wildman–Crippen MR) is 126 cm³/mol. The topological polar surface area (TPSA) is 79.0 Å². The molecule has 3 rings (SSSR count). The maximum Gasteiger partial charge on any atom is 0.232 e. The molecule has 0 aromatic heterocycles. The quantitative estimate of drug-likeness (QED) is 0.601. The van der Waals surface area contributed by atoms with Gasteiger partial charge in [0, 0.05) is 37.4 Å². The van der Waals surface area contributed by atoms with Crippen LogP contribution in [0.25, 0.3) is 0 Å².